The first-order valence-corrected chi connectivity index (χ1v) is 9.72. The van der Waals surface area contributed by atoms with Gasteiger partial charge in [0.15, 0.2) is 23.1 Å². The molecule has 0 aliphatic heterocycles. The Bertz CT molecular complexity index is 1120. The Balaban J connectivity index is 1.91. The van der Waals surface area contributed by atoms with Gasteiger partial charge in [-0.05, 0) is 18.2 Å². The molecule has 174 valence electrons. The molecule has 10 nitrogen and oxygen atoms in total. The van der Waals surface area contributed by atoms with E-state index >= 15 is 0 Å². The van der Waals surface area contributed by atoms with E-state index in [1.807, 2.05) is 0 Å². The van der Waals surface area contributed by atoms with E-state index in [1.54, 1.807) is 26.4 Å². The van der Waals surface area contributed by atoms with Crippen LogP contribution in [0.25, 0.3) is 10.9 Å². The van der Waals surface area contributed by atoms with Gasteiger partial charge in [-0.15, -0.1) is 0 Å². The number of methoxy groups -OCH3 is 2. The number of rotatable bonds is 12. The molecule has 0 bridgehead atoms. The lowest BCUT2D eigenvalue weighted by Crippen LogP contribution is -2.09. The standard InChI is InChI=1S/C22H21FN2O8/c1-28-5-7-30-19-10-15-17(11-20(19)31-8-6-29-2)24-13-25-22(15)32-14-3-4-18(16(23)9-14)33-21(27)12-26/h3-4,9-13H,5-8H2,1-2H3. The zero-order valence-corrected chi connectivity index (χ0v) is 17.9. The molecule has 0 saturated carbocycles. The summed E-state index contributed by atoms with van der Waals surface area (Å²) in [5.74, 6) is -1.42. The van der Waals surface area contributed by atoms with Crippen molar-refractivity contribution in [3.8, 4) is 28.9 Å². The largest absolute Gasteiger partial charge is 0.487 e. The van der Waals surface area contributed by atoms with Crippen LogP contribution >= 0.6 is 0 Å². The first-order chi connectivity index (χ1) is 16.0. The maximum absolute atomic E-state index is 14.2. The molecule has 33 heavy (non-hydrogen) atoms. The van der Waals surface area contributed by atoms with Gasteiger partial charge in [-0.3, -0.25) is 4.79 Å². The minimum atomic E-state index is -1.21. The number of carbonyl (C=O) groups excluding carboxylic acids is 2. The van der Waals surface area contributed by atoms with Crippen molar-refractivity contribution in [2.45, 2.75) is 0 Å². The first kappa shape index (κ1) is 23.8. The normalized spacial score (nSPS) is 10.6. The fourth-order valence-corrected chi connectivity index (χ4v) is 2.69. The predicted molar refractivity (Wildman–Crippen MR) is 112 cm³/mol. The van der Waals surface area contributed by atoms with Crippen LogP contribution in [0.5, 0.6) is 28.9 Å². The van der Waals surface area contributed by atoms with Crippen molar-refractivity contribution in [2.75, 3.05) is 40.6 Å². The van der Waals surface area contributed by atoms with Crippen molar-refractivity contribution in [1.82, 2.24) is 9.97 Å². The lowest BCUT2D eigenvalue weighted by Gasteiger charge is -2.15. The molecule has 0 spiro atoms. The van der Waals surface area contributed by atoms with Crippen LogP contribution in [0, 0.1) is 5.82 Å². The van der Waals surface area contributed by atoms with Crippen LogP contribution in [-0.2, 0) is 19.1 Å². The number of ether oxygens (including phenoxy) is 6. The van der Waals surface area contributed by atoms with Gasteiger partial charge >= 0.3 is 5.97 Å². The third-order valence-corrected chi connectivity index (χ3v) is 4.18. The molecule has 0 saturated heterocycles. The molecule has 0 amide bonds. The van der Waals surface area contributed by atoms with Gasteiger partial charge in [0.05, 0.1) is 24.1 Å². The van der Waals surface area contributed by atoms with Crippen LogP contribution in [0.2, 0.25) is 0 Å². The molecule has 0 atom stereocenters. The fraction of sp³-hybridized carbons (Fsp3) is 0.273. The number of carbonyl (C=O) groups is 2. The summed E-state index contributed by atoms with van der Waals surface area (Å²) < 4.78 is 46.1. The molecule has 3 rings (SSSR count). The summed E-state index contributed by atoms with van der Waals surface area (Å²) in [4.78, 5) is 29.8. The van der Waals surface area contributed by atoms with E-state index < -0.39 is 17.5 Å². The van der Waals surface area contributed by atoms with Crippen LogP contribution in [0.15, 0.2) is 36.7 Å². The number of hydrogen-bond acceptors (Lipinski definition) is 10. The number of esters is 1. The van der Waals surface area contributed by atoms with E-state index in [4.69, 9.17) is 23.7 Å². The highest BCUT2D eigenvalue weighted by molar-refractivity contribution is 6.21. The SMILES string of the molecule is COCCOc1cc2ncnc(Oc3ccc(OC(=O)C=O)c(F)c3)c2cc1OCCOC. The van der Waals surface area contributed by atoms with Crippen LogP contribution in [-0.4, -0.2) is 62.9 Å². The Morgan fingerprint density at radius 1 is 0.939 bits per heavy atom. The number of hydrogen-bond donors (Lipinski definition) is 0. The summed E-state index contributed by atoms with van der Waals surface area (Å²) in [6, 6.07) is 6.85. The third-order valence-electron chi connectivity index (χ3n) is 4.18. The average molecular weight is 460 g/mol. The minimum absolute atomic E-state index is 0.0591. The Labute approximate surface area is 188 Å². The van der Waals surface area contributed by atoms with E-state index in [1.165, 1.54) is 12.4 Å². The Kier molecular flexibility index (Phi) is 8.44. The monoisotopic (exact) mass is 460 g/mol. The molecule has 0 radical (unpaired) electrons. The van der Waals surface area contributed by atoms with E-state index in [9.17, 15) is 14.0 Å². The fourth-order valence-electron chi connectivity index (χ4n) is 2.69. The minimum Gasteiger partial charge on any atom is -0.487 e. The van der Waals surface area contributed by atoms with Crippen molar-refractivity contribution in [2.24, 2.45) is 0 Å². The van der Waals surface area contributed by atoms with Gasteiger partial charge in [0.2, 0.25) is 12.2 Å². The summed E-state index contributed by atoms with van der Waals surface area (Å²) in [5, 5.41) is 0.487. The second kappa shape index (κ2) is 11.7. The Hall–Kier alpha value is -3.83. The van der Waals surface area contributed by atoms with Gasteiger partial charge in [0.1, 0.15) is 25.3 Å². The van der Waals surface area contributed by atoms with Gasteiger partial charge in [0.25, 0.3) is 0 Å². The Morgan fingerprint density at radius 3 is 2.27 bits per heavy atom. The van der Waals surface area contributed by atoms with Gasteiger partial charge in [-0.2, -0.15) is 0 Å². The van der Waals surface area contributed by atoms with Crippen molar-refractivity contribution in [3.05, 3.63) is 42.5 Å². The molecule has 1 heterocycles. The molecule has 2 aromatic carbocycles. The maximum Gasteiger partial charge on any atom is 0.376 e. The molecule has 0 unspecified atom stereocenters. The predicted octanol–water partition coefficient (Wildman–Crippen LogP) is 2.72. The van der Waals surface area contributed by atoms with Gasteiger partial charge in [-0.25, -0.2) is 19.2 Å². The highest BCUT2D eigenvalue weighted by Crippen LogP contribution is 2.36. The van der Waals surface area contributed by atoms with E-state index in [-0.39, 0.29) is 24.5 Å². The first-order valence-electron chi connectivity index (χ1n) is 9.72. The van der Waals surface area contributed by atoms with E-state index in [0.29, 0.717) is 42.2 Å². The molecule has 0 fully saturated rings. The lowest BCUT2D eigenvalue weighted by molar-refractivity contribution is -0.141. The molecule has 0 aliphatic carbocycles. The highest BCUT2D eigenvalue weighted by atomic mass is 19.1. The molecule has 3 aromatic rings. The van der Waals surface area contributed by atoms with Gasteiger partial charge < -0.3 is 28.4 Å². The molecule has 11 heteroatoms. The number of nitrogens with zero attached hydrogens (tertiary/aromatic N) is 2. The van der Waals surface area contributed by atoms with Crippen LogP contribution in [0.1, 0.15) is 0 Å². The molecule has 1 aromatic heterocycles. The van der Waals surface area contributed by atoms with Crippen molar-refractivity contribution < 1.29 is 42.4 Å². The third kappa shape index (κ3) is 6.34. The van der Waals surface area contributed by atoms with Crippen molar-refractivity contribution in [1.29, 1.82) is 0 Å². The number of aldehydes is 1. The second-order valence-electron chi connectivity index (χ2n) is 6.41. The molecular formula is C22H21FN2O8. The smallest absolute Gasteiger partial charge is 0.376 e. The highest BCUT2D eigenvalue weighted by Gasteiger charge is 2.15. The lowest BCUT2D eigenvalue weighted by atomic mass is 10.2. The summed E-state index contributed by atoms with van der Waals surface area (Å²) in [6.07, 6.45) is 1.23. The summed E-state index contributed by atoms with van der Waals surface area (Å²) in [6.45, 7) is 1.33. The summed E-state index contributed by atoms with van der Waals surface area (Å²) in [5.41, 5.74) is 0.503. The number of halogens is 1. The van der Waals surface area contributed by atoms with E-state index in [2.05, 4.69) is 14.7 Å². The quantitative estimate of drug-likeness (QED) is 0.131. The maximum atomic E-state index is 14.2. The molecule has 0 N–H and O–H groups in total. The van der Waals surface area contributed by atoms with Crippen molar-refractivity contribution in [3.63, 3.8) is 0 Å². The van der Waals surface area contributed by atoms with Gasteiger partial charge in [0, 0.05) is 26.4 Å². The molecule has 0 aliphatic rings. The van der Waals surface area contributed by atoms with Crippen molar-refractivity contribution >= 4 is 23.2 Å². The summed E-state index contributed by atoms with van der Waals surface area (Å²) in [7, 11) is 3.13. The topological polar surface area (TPSA) is 115 Å². The number of fused-ring (bicyclic) bond motifs is 1. The number of aromatic nitrogens is 2. The average Bonchev–Trinajstić information content (AvgIpc) is 2.81. The summed E-state index contributed by atoms with van der Waals surface area (Å²) >= 11 is 0. The van der Waals surface area contributed by atoms with Gasteiger partial charge in [-0.1, -0.05) is 0 Å². The zero-order valence-electron chi connectivity index (χ0n) is 17.9. The molecular weight excluding hydrogens is 439 g/mol. The van der Waals surface area contributed by atoms with E-state index in [0.717, 1.165) is 12.1 Å². The van der Waals surface area contributed by atoms with Crippen LogP contribution in [0.3, 0.4) is 0 Å². The Morgan fingerprint density at radius 2 is 1.64 bits per heavy atom. The number of benzene rings is 2. The second-order valence-corrected chi connectivity index (χ2v) is 6.41. The van der Waals surface area contributed by atoms with Crippen LogP contribution < -0.4 is 18.9 Å². The zero-order chi connectivity index (χ0) is 23.6. The van der Waals surface area contributed by atoms with Crippen LogP contribution in [0.4, 0.5) is 4.39 Å².